The summed E-state index contributed by atoms with van der Waals surface area (Å²) < 4.78 is 14.8. The van der Waals surface area contributed by atoms with E-state index < -0.39 is 0 Å². The molecule has 0 aliphatic carbocycles. The highest BCUT2D eigenvalue weighted by atomic mass is 19.1. The highest BCUT2D eigenvalue weighted by Crippen LogP contribution is 2.18. The first-order valence-corrected chi connectivity index (χ1v) is 8.70. The number of halogens is 1. The molecule has 0 atom stereocenters. The first-order valence-electron chi connectivity index (χ1n) is 8.70. The number of nitrogens with one attached hydrogen (secondary N) is 2. The Kier molecular flexibility index (Phi) is 5.65. The van der Waals surface area contributed by atoms with Gasteiger partial charge in [0.1, 0.15) is 17.7 Å². The number of nitriles is 1. The van der Waals surface area contributed by atoms with E-state index in [1.807, 2.05) is 0 Å². The van der Waals surface area contributed by atoms with Gasteiger partial charge in [0.05, 0.1) is 28.2 Å². The number of carbonyl (C=O) groups excluding carboxylic acids is 1. The second-order valence-corrected chi connectivity index (χ2v) is 6.13. The molecular weight excluding hydrogens is 359 g/mol. The quantitative estimate of drug-likeness (QED) is 0.643. The van der Waals surface area contributed by atoms with E-state index in [0.717, 1.165) is 0 Å². The lowest BCUT2D eigenvalue weighted by Crippen LogP contribution is -2.29. The molecule has 0 radical (unpaired) electrons. The second kappa shape index (κ2) is 8.31. The SMILES string of the molecule is Cc1nn(-c2ccc(F)cc2)c(C)c1C(=O)NCCNc1ncccc1C#N. The van der Waals surface area contributed by atoms with Crippen LogP contribution in [0.1, 0.15) is 27.3 Å². The predicted molar refractivity (Wildman–Crippen MR) is 103 cm³/mol. The molecule has 3 aromatic rings. The molecule has 0 saturated carbocycles. The largest absolute Gasteiger partial charge is 0.367 e. The summed E-state index contributed by atoms with van der Waals surface area (Å²) in [5.41, 5.74) is 2.87. The number of aromatic nitrogens is 3. The third-order valence-electron chi connectivity index (χ3n) is 4.22. The molecule has 2 aromatic heterocycles. The van der Waals surface area contributed by atoms with Crippen molar-refractivity contribution in [2.75, 3.05) is 18.4 Å². The van der Waals surface area contributed by atoms with Crippen LogP contribution in [0, 0.1) is 31.0 Å². The van der Waals surface area contributed by atoms with Crippen molar-refractivity contribution < 1.29 is 9.18 Å². The van der Waals surface area contributed by atoms with Crippen LogP contribution in [-0.2, 0) is 0 Å². The van der Waals surface area contributed by atoms with Gasteiger partial charge in [0.25, 0.3) is 5.91 Å². The lowest BCUT2D eigenvalue weighted by molar-refractivity contribution is 0.0954. The van der Waals surface area contributed by atoms with Crippen molar-refractivity contribution in [1.29, 1.82) is 5.26 Å². The third-order valence-corrected chi connectivity index (χ3v) is 4.22. The van der Waals surface area contributed by atoms with E-state index in [1.165, 1.54) is 12.1 Å². The molecule has 0 unspecified atom stereocenters. The van der Waals surface area contributed by atoms with E-state index in [4.69, 9.17) is 5.26 Å². The number of nitrogens with zero attached hydrogens (tertiary/aromatic N) is 4. The number of carbonyl (C=O) groups is 1. The molecule has 7 nitrogen and oxygen atoms in total. The first kappa shape index (κ1) is 19.0. The molecule has 0 saturated heterocycles. The van der Waals surface area contributed by atoms with Crippen molar-refractivity contribution in [3.8, 4) is 11.8 Å². The topological polar surface area (TPSA) is 95.6 Å². The van der Waals surface area contributed by atoms with Crippen LogP contribution in [0.4, 0.5) is 10.2 Å². The summed E-state index contributed by atoms with van der Waals surface area (Å²) in [5, 5.41) is 19.3. The van der Waals surface area contributed by atoms with Gasteiger partial charge < -0.3 is 10.6 Å². The zero-order valence-corrected chi connectivity index (χ0v) is 15.5. The monoisotopic (exact) mass is 378 g/mol. The standard InChI is InChI=1S/C20H19FN6O/c1-13-18(14(2)27(26-13)17-7-5-16(21)6-8-17)20(28)25-11-10-24-19-15(12-22)4-3-9-23-19/h3-9H,10-11H2,1-2H3,(H,23,24)(H,25,28). The lowest BCUT2D eigenvalue weighted by Gasteiger charge is -2.09. The van der Waals surface area contributed by atoms with Gasteiger partial charge in [-0.2, -0.15) is 10.4 Å². The number of pyridine rings is 1. The summed E-state index contributed by atoms with van der Waals surface area (Å²) in [4.78, 5) is 16.7. The molecule has 142 valence electrons. The Bertz CT molecular complexity index is 1040. The predicted octanol–water partition coefficient (Wildman–Crippen LogP) is 2.74. The number of rotatable bonds is 6. The molecule has 0 bridgehead atoms. The summed E-state index contributed by atoms with van der Waals surface area (Å²) in [5.74, 6) is -0.0920. The van der Waals surface area contributed by atoms with Crippen molar-refractivity contribution >= 4 is 11.7 Å². The summed E-state index contributed by atoms with van der Waals surface area (Å²) >= 11 is 0. The molecular formula is C20H19FN6O. The van der Waals surface area contributed by atoms with Crippen LogP contribution in [0.25, 0.3) is 5.69 Å². The normalized spacial score (nSPS) is 10.4. The second-order valence-electron chi connectivity index (χ2n) is 6.13. The van der Waals surface area contributed by atoms with E-state index in [0.29, 0.717) is 47.1 Å². The highest BCUT2D eigenvalue weighted by molar-refractivity contribution is 5.96. The molecule has 28 heavy (non-hydrogen) atoms. The van der Waals surface area contributed by atoms with Crippen LogP contribution in [0.5, 0.6) is 0 Å². The van der Waals surface area contributed by atoms with Crippen LogP contribution in [0.3, 0.4) is 0 Å². The molecule has 0 spiro atoms. The average Bonchev–Trinajstić information content (AvgIpc) is 3.00. The number of hydrogen-bond acceptors (Lipinski definition) is 5. The molecule has 0 aliphatic rings. The Labute approximate surface area is 161 Å². The fraction of sp³-hybridized carbons (Fsp3) is 0.200. The van der Waals surface area contributed by atoms with Crippen molar-refractivity contribution in [3.05, 3.63) is 70.9 Å². The maximum atomic E-state index is 13.1. The van der Waals surface area contributed by atoms with Crippen LogP contribution in [0.15, 0.2) is 42.6 Å². The van der Waals surface area contributed by atoms with E-state index in [9.17, 15) is 9.18 Å². The zero-order valence-electron chi connectivity index (χ0n) is 15.5. The van der Waals surface area contributed by atoms with Gasteiger partial charge in [-0.25, -0.2) is 14.1 Å². The first-order chi connectivity index (χ1) is 13.5. The van der Waals surface area contributed by atoms with Crippen LogP contribution in [0.2, 0.25) is 0 Å². The number of amides is 1. The van der Waals surface area contributed by atoms with Gasteiger partial charge in [0, 0.05) is 19.3 Å². The maximum Gasteiger partial charge on any atom is 0.255 e. The van der Waals surface area contributed by atoms with E-state index in [1.54, 1.807) is 49.0 Å². The number of aryl methyl sites for hydroxylation is 1. The molecule has 8 heteroatoms. The molecule has 1 amide bonds. The summed E-state index contributed by atoms with van der Waals surface area (Å²) in [7, 11) is 0. The Morgan fingerprint density at radius 3 is 2.68 bits per heavy atom. The fourth-order valence-electron chi connectivity index (χ4n) is 2.89. The molecule has 1 aromatic carbocycles. The number of anilines is 1. The highest BCUT2D eigenvalue weighted by Gasteiger charge is 2.19. The molecule has 0 fully saturated rings. The number of hydrogen-bond donors (Lipinski definition) is 2. The maximum absolute atomic E-state index is 13.1. The fourth-order valence-corrected chi connectivity index (χ4v) is 2.89. The van der Waals surface area contributed by atoms with E-state index >= 15 is 0 Å². The van der Waals surface area contributed by atoms with Gasteiger partial charge in [-0.05, 0) is 50.2 Å². The molecule has 2 heterocycles. The van der Waals surface area contributed by atoms with Crippen molar-refractivity contribution in [2.24, 2.45) is 0 Å². The molecule has 0 aliphatic heterocycles. The van der Waals surface area contributed by atoms with Crippen LogP contribution < -0.4 is 10.6 Å². The Balaban J connectivity index is 1.65. The Hall–Kier alpha value is -3.73. The van der Waals surface area contributed by atoms with Gasteiger partial charge in [0.2, 0.25) is 0 Å². The van der Waals surface area contributed by atoms with Crippen LogP contribution in [-0.4, -0.2) is 33.8 Å². The van der Waals surface area contributed by atoms with E-state index in [-0.39, 0.29) is 11.7 Å². The third kappa shape index (κ3) is 3.99. The summed E-state index contributed by atoms with van der Waals surface area (Å²) in [6.45, 7) is 4.32. The van der Waals surface area contributed by atoms with Crippen LogP contribution >= 0.6 is 0 Å². The van der Waals surface area contributed by atoms with Gasteiger partial charge in [-0.15, -0.1) is 0 Å². The van der Waals surface area contributed by atoms with Gasteiger partial charge in [0.15, 0.2) is 0 Å². The average molecular weight is 378 g/mol. The van der Waals surface area contributed by atoms with Crippen molar-refractivity contribution in [1.82, 2.24) is 20.1 Å². The lowest BCUT2D eigenvalue weighted by atomic mass is 10.2. The van der Waals surface area contributed by atoms with E-state index in [2.05, 4.69) is 26.8 Å². The van der Waals surface area contributed by atoms with Crippen molar-refractivity contribution in [3.63, 3.8) is 0 Å². The van der Waals surface area contributed by atoms with Gasteiger partial charge >= 0.3 is 0 Å². The van der Waals surface area contributed by atoms with Gasteiger partial charge in [-0.3, -0.25) is 4.79 Å². The number of benzene rings is 1. The Morgan fingerprint density at radius 2 is 1.96 bits per heavy atom. The minimum Gasteiger partial charge on any atom is -0.367 e. The summed E-state index contributed by atoms with van der Waals surface area (Å²) in [6.07, 6.45) is 1.60. The minimum absolute atomic E-state index is 0.244. The minimum atomic E-state index is -0.330. The van der Waals surface area contributed by atoms with Crippen molar-refractivity contribution in [2.45, 2.75) is 13.8 Å². The zero-order chi connectivity index (χ0) is 20.1. The molecule has 3 rings (SSSR count). The molecule has 2 N–H and O–H groups in total. The Morgan fingerprint density at radius 1 is 1.21 bits per heavy atom. The van der Waals surface area contributed by atoms with Gasteiger partial charge in [-0.1, -0.05) is 0 Å². The summed E-state index contributed by atoms with van der Waals surface area (Å²) in [6, 6.07) is 11.3. The smallest absolute Gasteiger partial charge is 0.255 e.